The van der Waals surface area contributed by atoms with Crippen LogP contribution in [0, 0.1) is 0 Å². The van der Waals surface area contributed by atoms with E-state index in [4.69, 9.17) is 14.2 Å². The summed E-state index contributed by atoms with van der Waals surface area (Å²) < 4.78 is 16.1. The average molecular weight is 334 g/mol. The maximum atomic E-state index is 12.2. The molecule has 2 aliphatic rings. The Morgan fingerprint density at radius 2 is 2.04 bits per heavy atom. The standard InChI is InChI=1S/C18H26N2O4/c1-14(11-15-5-6-16-17(12-15)24-13-23-16)19(2)18(21)22-10-9-20-7-3-4-8-20/h5-6,12,14H,3-4,7-11,13H2,1-2H3/t14-/m0/s1. The number of hydrogen-bond acceptors (Lipinski definition) is 5. The first-order valence-electron chi connectivity index (χ1n) is 8.64. The Bertz CT molecular complexity index is 572. The number of likely N-dealkylation sites (N-methyl/N-ethyl adjacent to an activating group) is 1. The van der Waals surface area contributed by atoms with Crippen molar-refractivity contribution in [3.8, 4) is 11.5 Å². The number of hydrogen-bond donors (Lipinski definition) is 0. The predicted molar refractivity (Wildman–Crippen MR) is 90.5 cm³/mol. The summed E-state index contributed by atoms with van der Waals surface area (Å²) in [4.78, 5) is 16.2. The van der Waals surface area contributed by atoms with E-state index in [2.05, 4.69) is 4.90 Å². The van der Waals surface area contributed by atoms with Crippen molar-refractivity contribution in [2.75, 3.05) is 40.1 Å². The molecule has 0 aliphatic carbocycles. The highest BCUT2D eigenvalue weighted by atomic mass is 16.7. The van der Waals surface area contributed by atoms with Gasteiger partial charge in [0.15, 0.2) is 11.5 Å². The third-order valence-electron chi connectivity index (χ3n) is 4.75. The van der Waals surface area contributed by atoms with Gasteiger partial charge in [-0.2, -0.15) is 0 Å². The van der Waals surface area contributed by atoms with E-state index < -0.39 is 0 Å². The Hall–Kier alpha value is -1.95. The van der Waals surface area contributed by atoms with Crippen LogP contribution in [0.25, 0.3) is 0 Å². The molecule has 0 aromatic heterocycles. The fourth-order valence-electron chi connectivity index (χ4n) is 3.10. The molecule has 6 nitrogen and oxygen atoms in total. The van der Waals surface area contributed by atoms with Crippen molar-refractivity contribution in [3.05, 3.63) is 23.8 Å². The SMILES string of the molecule is C[C@@H](Cc1ccc2c(c1)OCO2)N(C)C(=O)OCCN1CCCC1. The van der Waals surface area contributed by atoms with E-state index in [1.165, 1.54) is 12.8 Å². The monoisotopic (exact) mass is 334 g/mol. The Kier molecular flexibility index (Phi) is 5.45. The van der Waals surface area contributed by atoms with Crippen LogP contribution in [0.15, 0.2) is 18.2 Å². The maximum absolute atomic E-state index is 12.2. The lowest BCUT2D eigenvalue weighted by atomic mass is 10.1. The van der Waals surface area contributed by atoms with Gasteiger partial charge in [-0.15, -0.1) is 0 Å². The Labute approximate surface area is 143 Å². The first-order valence-corrected chi connectivity index (χ1v) is 8.64. The molecular formula is C18H26N2O4. The summed E-state index contributed by atoms with van der Waals surface area (Å²) in [7, 11) is 1.79. The molecule has 1 aromatic carbocycles. The number of amides is 1. The first-order chi connectivity index (χ1) is 11.6. The van der Waals surface area contributed by atoms with Gasteiger partial charge in [0.2, 0.25) is 6.79 Å². The molecule has 1 saturated heterocycles. The minimum absolute atomic E-state index is 0.0460. The number of likely N-dealkylation sites (tertiary alicyclic amines) is 1. The number of rotatable bonds is 6. The van der Waals surface area contributed by atoms with Crippen molar-refractivity contribution in [1.82, 2.24) is 9.80 Å². The van der Waals surface area contributed by atoms with E-state index in [-0.39, 0.29) is 18.9 Å². The van der Waals surface area contributed by atoms with Crippen LogP contribution in [-0.4, -0.2) is 62.0 Å². The number of nitrogens with zero attached hydrogens (tertiary/aromatic N) is 2. The molecule has 0 unspecified atom stereocenters. The van der Waals surface area contributed by atoms with E-state index in [0.29, 0.717) is 6.61 Å². The summed E-state index contributed by atoms with van der Waals surface area (Å²) in [6, 6.07) is 5.95. The molecule has 1 fully saturated rings. The third kappa shape index (κ3) is 4.12. The van der Waals surface area contributed by atoms with Crippen LogP contribution in [0.5, 0.6) is 11.5 Å². The largest absolute Gasteiger partial charge is 0.454 e. The van der Waals surface area contributed by atoms with Crippen LogP contribution in [0.1, 0.15) is 25.3 Å². The molecule has 6 heteroatoms. The Morgan fingerprint density at radius 3 is 2.83 bits per heavy atom. The van der Waals surface area contributed by atoms with E-state index >= 15 is 0 Å². The van der Waals surface area contributed by atoms with Crippen LogP contribution in [0.4, 0.5) is 4.79 Å². The highest BCUT2D eigenvalue weighted by molar-refractivity contribution is 5.67. The average Bonchev–Trinajstić information content (AvgIpc) is 3.24. The molecule has 3 rings (SSSR count). The molecule has 0 spiro atoms. The van der Waals surface area contributed by atoms with Crippen LogP contribution in [0.3, 0.4) is 0 Å². The normalized spacial score (nSPS) is 17.8. The zero-order valence-electron chi connectivity index (χ0n) is 14.5. The minimum atomic E-state index is -0.262. The van der Waals surface area contributed by atoms with Crippen LogP contribution >= 0.6 is 0 Å². The lowest BCUT2D eigenvalue weighted by Crippen LogP contribution is -2.38. The minimum Gasteiger partial charge on any atom is -0.454 e. The smallest absolute Gasteiger partial charge is 0.409 e. The molecule has 1 atom stereocenters. The molecule has 2 heterocycles. The highest BCUT2D eigenvalue weighted by Gasteiger charge is 2.20. The molecule has 1 amide bonds. The zero-order chi connectivity index (χ0) is 16.9. The number of carbonyl (C=O) groups is 1. The van der Waals surface area contributed by atoms with Gasteiger partial charge in [0, 0.05) is 19.6 Å². The number of fused-ring (bicyclic) bond motifs is 1. The zero-order valence-corrected chi connectivity index (χ0v) is 14.5. The van der Waals surface area contributed by atoms with Crippen molar-refractivity contribution in [3.63, 3.8) is 0 Å². The number of carbonyl (C=O) groups excluding carboxylic acids is 1. The summed E-state index contributed by atoms with van der Waals surface area (Å²) >= 11 is 0. The van der Waals surface area contributed by atoms with Gasteiger partial charge in [-0.25, -0.2) is 4.79 Å². The summed E-state index contributed by atoms with van der Waals surface area (Å²) in [5, 5.41) is 0. The molecule has 132 valence electrons. The fraction of sp³-hybridized carbons (Fsp3) is 0.611. The van der Waals surface area contributed by atoms with Gasteiger partial charge in [-0.1, -0.05) is 6.07 Å². The van der Waals surface area contributed by atoms with Crippen molar-refractivity contribution < 1.29 is 19.0 Å². The van der Waals surface area contributed by atoms with E-state index in [1.54, 1.807) is 11.9 Å². The van der Waals surface area contributed by atoms with Gasteiger partial charge in [0.1, 0.15) is 6.61 Å². The second kappa shape index (κ2) is 7.75. The lowest BCUT2D eigenvalue weighted by molar-refractivity contribution is 0.0909. The van der Waals surface area contributed by atoms with Gasteiger partial charge >= 0.3 is 6.09 Å². The van der Waals surface area contributed by atoms with Gasteiger partial charge in [0.05, 0.1) is 0 Å². The highest BCUT2D eigenvalue weighted by Crippen LogP contribution is 2.32. The molecular weight excluding hydrogens is 308 g/mol. The van der Waals surface area contributed by atoms with Crippen molar-refractivity contribution >= 4 is 6.09 Å². The molecule has 1 aromatic rings. The molecule has 0 N–H and O–H groups in total. The van der Waals surface area contributed by atoms with Crippen LogP contribution in [-0.2, 0) is 11.2 Å². The molecule has 0 saturated carbocycles. The molecule has 24 heavy (non-hydrogen) atoms. The topological polar surface area (TPSA) is 51.2 Å². The first kappa shape index (κ1) is 16.9. The van der Waals surface area contributed by atoms with Crippen molar-refractivity contribution in [2.24, 2.45) is 0 Å². The van der Waals surface area contributed by atoms with Gasteiger partial charge in [0.25, 0.3) is 0 Å². The Morgan fingerprint density at radius 1 is 1.29 bits per heavy atom. The summed E-state index contributed by atoms with van der Waals surface area (Å²) in [6.07, 6.45) is 2.98. The summed E-state index contributed by atoms with van der Waals surface area (Å²) in [5.41, 5.74) is 1.11. The van der Waals surface area contributed by atoms with Gasteiger partial charge < -0.3 is 19.1 Å². The van der Waals surface area contributed by atoms with Crippen LogP contribution in [0.2, 0.25) is 0 Å². The molecule has 0 radical (unpaired) electrons. The van der Waals surface area contributed by atoms with Gasteiger partial charge in [-0.3, -0.25) is 4.90 Å². The van der Waals surface area contributed by atoms with Crippen LogP contribution < -0.4 is 9.47 Å². The lowest BCUT2D eigenvalue weighted by Gasteiger charge is -2.25. The van der Waals surface area contributed by atoms with E-state index in [0.717, 1.165) is 43.1 Å². The number of benzene rings is 1. The number of ether oxygens (including phenoxy) is 3. The fourth-order valence-corrected chi connectivity index (χ4v) is 3.10. The second-order valence-electron chi connectivity index (χ2n) is 6.51. The quantitative estimate of drug-likeness (QED) is 0.800. The molecule has 2 aliphatic heterocycles. The van der Waals surface area contributed by atoms with Crippen molar-refractivity contribution in [2.45, 2.75) is 32.2 Å². The second-order valence-corrected chi connectivity index (χ2v) is 6.51. The van der Waals surface area contributed by atoms with E-state index in [1.807, 2.05) is 25.1 Å². The Balaban J connectivity index is 1.44. The summed E-state index contributed by atoms with van der Waals surface area (Å²) in [6.45, 7) is 5.82. The molecule has 0 bridgehead atoms. The van der Waals surface area contributed by atoms with Gasteiger partial charge in [-0.05, 0) is 57.0 Å². The maximum Gasteiger partial charge on any atom is 0.409 e. The van der Waals surface area contributed by atoms with Crippen molar-refractivity contribution in [1.29, 1.82) is 0 Å². The van der Waals surface area contributed by atoms with E-state index in [9.17, 15) is 4.79 Å². The third-order valence-corrected chi connectivity index (χ3v) is 4.75. The summed E-state index contributed by atoms with van der Waals surface area (Å²) in [5.74, 6) is 1.55. The predicted octanol–water partition coefficient (Wildman–Crippen LogP) is 2.51.